The molecule has 0 bridgehead atoms. The SMILES string of the molecule is CN1CCCC(N(C)c2cc(Cl)ccc2CN)C1. The van der Waals surface area contributed by atoms with Crippen molar-refractivity contribution in [3.05, 3.63) is 28.8 Å². The Labute approximate surface area is 115 Å². The van der Waals surface area contributed by atoms with Crippen LogP contribution in [0.1, 0.15) is 18.4 Å². The van der Waals surface area contributed by atoms with E-state index in [1.165, 1.54) is 25.1 Å². The van der Waals surface area contributed by atoms with Crippen LogP contribution in [0.2, 0.25) is 5.02 Å². The van der Waals surface area contributed by atoms with Crippen LogP contribution < -0.4 is 10.6 Å². The highest BCUT2D eigenvalue weighted by atomic mass is 35.5. The number of rotatable bonds is 3. The number of hydrogen-bond acceptors (Lipinski definition) is 3. The summed E-state index contributed by atoms with van der Waals surface area (Å²) in [6.07, 6.45) is 2.49. The van der Waals surface area contributed by atoms with E-state index in [4.69, 9.17) is 17.3 Å². The van der Waals surface area contributed by atoms with E-state index in [0.29, 0.717) is 12.6 Å². The average molecular weight is 268 g/mol. The number of nitrogens with two attached hydrogens (primary N) is 1. The zero-order valence-electron chi connectivity index (χ0n) is 11.2. The summed E-state index contributed by atoms with van der Waals surface area (Å²) < 4.78 is 0. The normalized spacial score (nSPS) is 21.0. The number of halogens is 1. The largest absolute Gasteiger partial charge is 0.370 e. The van der Waals surface area contributed by atoms with Gasteiger partial charge in [-0.2, -0.15) is 0 Å². The van der Waals surface area contributed by atoms with Gasteiger partial charge in [0.1, 0.15) is 0 Å². The van der Waals surface area contributed by atoms with Gasteiger partial charge < -0.3 is 15.5 Å². The fourth-order valence-corrected chi connectivity index (χ4v) is 2.86. The zero-order valence-corrected chi connectivity index (χ0v) is 12.0. The molecule has 1 saturated heterocycles. The van der Waals surface area contributed by atoms with Gasteiger partial charge in [-0.3, -0.25) is 0 Å². The van der Waals surface area contributed by atoms with Gasteiger partial charge in [-0.15, -0.1) is 0 Å². The molecule has 0 radical (unpaired) electrons. The number of piperidine rings is 1. The molecule has 1 atom stereocenters. The molecule has 1 aromatic carbocycles. The van der Waals surface area contributed by atoms with E-state index in [-0.39, 0.29) is 0 Å². The lowest BCUT2D eigenvalue weighted by molar-refractivity contribution is 0.248. The predicted molar refractivity (Wildman–Crippen MR) is 78.3 cm³/mol. The summed E-state index contributed by atoms with van der Waals surface area (Å²) in [6, 6.07) is 6.51. The van der Waals surface area contributed by atoms with Crippen LogP contribution in [0.4, 0.5) is 5.69 Å². The quantitative estimate of drug-likeness (QED) is 0.912. The molecule has 0 amide bonds. The molecule has 1 aliphatic rings. The molecule has 0 spiro atoms. The van der Waals surface area contributed by atoms with Crippen molar-refractivity contribution in [2.75, 3.05) is 32.1 Å². The molecule has 100 valence electrons. The number of nitrogens with zero attached hydrogens (tertiary/aromatic N) is 2. The van der Waals surface area contributed by atoms with Crippen LogP contribution in [0.15, 0.2) is 18.2 Å². The van der Waals surface area contributed by atoms with Crippen molar-refractivity contribution in [1.82, 2.24) is 4.90 Å². The van der Waals surface area contributed by atoms with Crippen LogP contribution >= 0.6 is 11.6 Å². The average Bonchev–Trinajstić information content (AvgIpc) is 2.38. The Hall–Kier alpha value is -0.770. The first-order valence-corrected chi connectivity index (χ1v) is 6.89. The lowest BCUT2D eigenvalue weighted by Crippen LogP contribution is -2.45. The third-order valence-electron chi connectivity index (χ3n) is 3.79. The van der Waals surface area contributed by atoms with Gasteiger partial charge in [-0.05, 0) is 44.1 Å². The van der Waals surface area contributed by atoms with Gasteiger partial charge in [0.2, 0.25) is 0 Å². The molecule has 2 rings (SSSR count). The van der Waals surface area contributed by atoms with Crippen molar-refractivity contribution < 1.29 is 0 Å². The molecule has 2 N–H and O–H groups in total. The molecule has 4 heteroatoms. The van der Waals surface area contributed by atoms with E-state index in [9.17, 15) is 0 Å². The molecule has 18 heavy (non-hydrogen) atoms. The molecule has 3 nitrogen and oxygen atoms in total. The van der Waals surface area contributed by atoms with E-state index >= 15 is 0 Å². The number of benzene rings is 1. The molecule has 1 unspecified atom stereocenters. The van der Waals surface area contributed by atoms with Crippen LogP contribution in [-0.4, -0.2) is 38.1 Å². The summed E-state index contributed by atoms with van der Waals surface area (Å²) in [7, 11) is 4.33. The molecule has 1 aliphatic heterocycles. The maximum atomic E-state index is 6.11. The number of likely N-dealkylation sites (tertiary alicyclic amines) is 1. The van der Waals surface area contributed by atoms with Crippen LogP contribution in [0, 0.1) is 0 Å². The van der Waals surface area contributed by atoms with Gasteiger partial charge in [0, 0.05) is 36.9 Å². The van der Waals surface area contributed by atoms with E-state index in [1.54, 1.807) is 0 Å². The Balaban J connectivity index is 2.21. The molecular weight excluding hydrogens is 246 g/mol. The van der Waals surface area contributed by atoms with E-state index < -0.39 is 0 Å². The topological polar surface area (TPSA) is 32.5 Å². The number of likely N-dealkylation sites (N-methyl/N-ethyl adjacent to an activating group) is 2. The summed E-state index contributed by atoms with van der Waals surface area (Å²) in [5.74, 6) is 0. The van der Waals surface area contributed by atoms with Gasteiger partial charge in [0.15, 0.2) is 0 Å². The van der Waals surface area contributed by atoms with Gasteiger partial charge in [0.25, 0.3) is 0 Å². The second-order valence-corrected chi connectivity index (χ2v) is 5.58. The standard InChI is InChI=1S/C14H22ClN3/c1-17-7-3-4-13(10-17)18(2)14-8-12(15)6-5-11(14)9-16/h5-6,8,13H,3-4,7,9-10,16H2,1-2H3. The molecular formula is C14H22ClN3. The smallest absolute Gasteiger partial charge is 0.0427 e. The first kappa shape index (κ1) is 13.7. The fourth-order valence-electron chi connectivity index (χ4n) is 2.69. The van der Waals surface area contributed by atoms with Crippen LogP contribution in [0.25, 0.3) is 0 Å². The molecule has 1 fully saturated rings. The Morgan fingerprint density at radius 1 is 1.50 bits per heavy atom. The van der Waals surface area contributed by atoms with Gasteiger partial charge >= 0.3 is 0 Å². The van der Waals surface area contributed by atoms with Gasteiger partial charge in [-0.1, -0.05) is 17.7 Å². The van der Waals surface area contributed by atoms with Gasteiger partial charge in [-0.25, -0.2) is 0 Å². The summed E-state index contributed by atoms with van der Waals surface area (Å²) in [5, 5.41) is 0.776. The Morgan fingerprint density at radius 3 is 2.94 bits per heavy atom. The number of hydrogen-bond donors (Lipinski definition) is 1. The highest BCUT2D eigenvalue weighted by Crippen LogP contribution is 2.27. The lowest BCUT2D eigenvalue weighted by atomic mass is 10.0. The summed E-state index contributed by atoms with van der Waals surface area (Å²) in [6.45, 7) is 2.86. The van der Waals surface area contributed by atoms with Crippen molar-refractivity contribution >= 4 is 17.3 Å². The molecule has 1 heterocycles. The maximum absolute atomic E-state index is 6.11. The van der Waals surface area contributed by atoms with E-state index in [0.717, 1.165) is 17.1 Å². The minimum absolute atomic E-state index is 0.549. The molecule has 0 aromatic heterocycles. The minimum Gasteiger partial charge on any atom is -0.370 e. The van der Waals surface area contributed by atoms with Crippen LogP contribution in [0.5, 0.6) is 0 Å². The number of anilines is 1. The van der Waals surface area contributed by atoms with Crippen LogP contribution in [-0.2, 0) is 6.54 Å². The Morgan fingerprint density at radius 2 is 2.28 bits per heavy atom. The third-order valence-corrected chi connectivity index (χ3v) is 4.03. The second kappa shape index (κ2) is 5.91. The highest BCUT2D eigenvalue weighted by Gasteiger charge is 2.22. The summed E-state index contributed by atoms with van der Waals surface area (Å²) >= 11 is 6.11. The first-order valence-electron chi connectivity index (χ1n) is 6.51. The monoisotopic (exact) mass is 267 g/mol. The van der Waals surface area contributed by atoms with Crippen molar-refractivity contribution in [2.24, 2.45) is 5.73 Å². The first-order chi connectivity index (χ1) is 8.61. The third kappa shape index (κ3) is 2.97. The summed E-state index contributed by atoms with van der Waals surface area (Å²) in [5.41, 5.74) is 8.15. The van der Waals surface area contributed by atoms with Gasteiger partial charge in [0.05, 0.1) is 0 Å². The van der Waals surface area contributed by atoms with E-state index in [1.807, 2.05) is 18.2 Å². The molecule has 1 aromatic rings. The van der Waals surface area contributed by atoms with Crippen molar-refractivity contribution in [3.63, 3.8) is 0 Å². The lowest BCUT2D eigenvalue weighted by Gasteiger charge is -2.38. The summed E-state index contributed by atoms with van der Waals surface area (Å²) in [4.78, 5) is 4.72. The molecule has 0 aliphatic carbocycles. The second-order valence-electron chi connectivity index (χ2n) is 5.15. The minimum atomic E-state index is 0.549. The molecule has 0 saturated carbocycles. The van der Waals surface area contributed by atoms with E-state index in [2.05, 4.69) is 23.9 Å². The Bertz CT molecular complexity index is 408. The highest BCUT2D eigenvalue weighted by molar-refractivity contribution is 6.30. The maximum Gasteiger partial charge on any atom is 0.0427 e. The van der Waals surface area contributed by atoms with Crippen LogP contribution in [0.3, 0.4) is 0 Å². The van der Waals surface area contributed by atoms with Crippen molar-refractivity contribution in [2.45, 2.75) is 25.4 Å². The van der Waals surface area contributed by atoms with Crippen molar-refractivity contribution in [3.8, 4) is 0 Å². The fraction of sp³-hybridized carbons (Fsp3) is 0.571. The zero-order chi connectivity index (χ0) is 13.1. The predicted octanol–water partition coefficient (Wildman–Crippen LogP) is 2.33. The van der Waals surface area contributed by atoms with Crippen molar-refractivity contribution in [1.29, 1.82) is 0 Å². The Kier molecular flexibility index (Phi) is 4.49.